The second-order valence-corrected chi connectivity index (χ2v) is 8.34. The SMILES string of the molecule is COCC(C)Nc1nc(N)c2c(n1)N(Cc1cccc(CN3CCCC3)c1)CC(=O)N2. The van der Waals surface area contributed by atoms with Gasteiger partial charge in [0.05, 0.1) is 13.2 Å². The Bertz CT molecular complexity index is 930. The van der Waals surface area contributed by atoms with Gasteiger partial charge in [-0.1, -0.05) is 24.3 Å². The van der Waals surface area contributed by atoms with E-state index < -0.39 is 0 Å². The van der Waals surface area contributed by atoms with E-state index in [1.54, 1.807) is 7.11 Å². The number of hydrogen-bond donors (Lipinski definition) is 3. The molecular formula is C22H31N7O2. The maximum Gasteiger partial charge on any atom is 0.244 e. The third-order valence-electron chi connectivity index (χ3n) is 5.58. The van der Waals surface area contributed by atoms with Crippen molar-refractivity contribution in [3.8, 4) is 0 Å². The zero-order chi connectivity index (χ0) is 21.8. The molecule has 2 aromatic rings. The lowest BCUT2D eigenvalue weighted by molar-refractivity contribution is -0.115. The fourth-order valence-corrected chi connectivity index (χ4v) is 4.19. The van der Waals surface area contributed by atoms with E-state index in [2.05, 4.69) is 49.8 Å². The van der Waals surface area contributed by atoms with Crippen LogP contribution in [0.3, 0.4) is 0 Å². The van der Waals surface area contributed by atoms with Crippen LogP contribution in [0.1, 0.15) is 30.9 Å². The number of anilines is 4. The van der Waals surface area contributed by atoms with Gasteiger partial charge in [-0.25, -0.2) is 0 Å². The van der Waals surface area contributed by atoms with Gasteiger partial charge in [-0.05, 0) is 44.0 Å². The second kappa shape index (κ2) is 9.49. The number of nitrogens with two attached hydrogens (primary N) is 1. The fourth-order valence-electron chi connectivity index (χ4n) is 4.19. The fraction of sp³-hybridized carbons (Fsp3) is 0.500. The summed E-state index contributed by atoms with van der Waals surface area (Å²) in [4.78, 5) is 25.7. The highest BCUT2D eigenvalue weighted by atomic mass is 16.5. The molecule has 1 unspecified atom stereocenters. The molecule has 1 aromatic carbocycles. The van der Waals surface area contributed by atoms with Crippen molar-refractivity contribution >= 4 is 29.2 Å². The number of likely N-dealkylation sites (tertiary alicyclic amines) is 1. The topological polar surface area (TPSA) is 109 Å². The molecule has 1 atom stereocenters. The highest BCUT2D eigenvalue weighted by Gasteiger charge is 2.27. The average molecular weight is 426 g/mol. The maximum absolute atomic E-state index is 12.3. The first-order chi connectivity index (χ1) is 15.0. The molecule has 9 heteroatoms. The van der Waals surface area contributed by atoms with Gasteiger partial charge in [0.15, 0.2) is 11.6 Å². The standard InChI is InChI=1S/C22H31N7O2/c1-15(14-31-2)24-22-26-20(23)19-21(27-22)29(13-18(30)25-19)12-17-7-5-6-16(10-17)11-28-8-3-4-9-28/h5-7,10,15H,3-4,8-9,11-14H2,1-2H3,(H,25,30)(H3,23,24,26,27). The number of hydrogen-bond acceptors (Lipinski definition) is 8. The zero-order valence-electron chi connectivity index (χ0n) is 18.2. The van der Waals surface area contributed by atoms with Crippen molar-refractivity contribution in [2.75, 3.05) is 54.6 Å². The Balaban J connectivity index is 1.55. The summed E-state index contributed by atoms with van der Waals surface area (Å²) in [6.45, 7) is 6.57. The molecule has 1 fully saturated rings. The number of nitrogen functional groups attached to an aromatic ring is 1. The highest BCUT2D eigenvalue weighted by molar-refractivity contribution is 6.03. The Morgan fingerprint density at radius 3 is 2.71 bits per heavy atom. The largest absolute Gasteiger partial charge is 0.383 e. The minimum Gasteiger partial charge on any atom is -0.383 e. The third kappa shape index (κ3) is 5.23. The minimum absolute atomic E-state index is 0.0244. The van der Waals surface area contributed by atoms with Gasteiger partial charge in [0.1, 0.15) is 5.69 Å². The van der Waals surface area contributed by atoms with Crippen molar-refractivity contribution in [3.05, 3.63) is 35.4 Å². The van der Waals surface area contributed by atoms with E-state index in [0.29, 0.717) is 30.6 Å². The maximum atomic E-state index is 12.3. The molecule has 0 spiro atoms. The van der Waals surface area contributed by atoms with Gasteiger partial charge in [-0.2, -0.15) is 9.97 Å². The van der Waals surface area contributed by atoms with Gasteiger partial charge < -0.3 is 26.0 Å². The smallest absolute Gasteiger partial charge is 0.244 e. The molecular weight excluding hydrogens is 394 g/mol. The normalized spacial score (nSPS) is 17.4. The van der Waals surface area contributed by atoms with Crippen LogP contribution >= 0.6 is 0 Å². The molecule has 4 N–H and O–H groups in total. The molecule has 9 nitrogen and oxygen atoms in total. The van der Waals surface area contributed by atoms with Gasteiger partial charge in [0, 0.05) is 26.2 Å². The van der Waals surface area contributed by atoms with Gasteiger partial charge in [0.25, 0.3) is 0 Å². The van der Waals surface area contributed by atoms with Gasteiger partial charge >= 0.3 is 0 Å². The van der Waals surface area contributed by atoms with Crippen LogP contribution < -0.4 is 21.3 Å². The van der Waals surface area contributed by atoms with E-state index in [-0.39, 0.29) is 24.3 Å². The van der Waals surface area contributed by atoms with Gasteiger partial charge in [-0.3, -0.25) is 9.69 Å². The molecule has 2 aliphatic heterocycles. The molecule has 31 heavy (non-hydrogen) atoms. The lowest BCUT2D eigenvalue weighted by Gasteiger charge is -2.31. The third-order valence-corrected chi connectivity index (χ3v) is 5.58. The summed E-state index contributed by atoms with van der Waals surface area (Å²) < 4.78 is 5.17. The molecule has 0 radical (unpaired) electrons. The summed E-state index contributed by atoms with van der Waals surface area (Å²) in [6.07, 6.45) is 2.56. The van der Waals surface area contributed by atoms with Crippen LogP contribution in [-0.2, 0) is 22.6 Å². The number of methoxy groups -OCH3 is 1. The van der Waals surface area contributed by atoms with E-state index >= 15 is 0 Å². The molecule has 3 heterocycles. The predicted octanol–water partition coefficient (Wildman–Crippen LogP) is 2.06. The van der Waals surface area contributed by atoms with Gasteiger partial charge in [0.2, 0.25) is 11.9 Å². The van der Waals surface area contributed by atoms with E-state index in [0.717, 1.165) is 25.2 Å². The summed E-state index contributed by atoms with van der Waals surface area (Å²) in [5.41, 5.74) is 9.05. The molecule has 0 aliphatic carbocycles. The van der Waals surface area contributed by atoms with E-state index in [1.807, 2.05) is 11.8 Å². The van der Waals surface area contributed by atoms with Crippen molar-refractivity contribution < 1.29 is 9.53 Å². The van der Waals surface area contributed by atoms with E-state index in [9.17, 15) is 4.79 Å². The number of nitrogens with zero attached hydrogens (tertiary/aromatic N) is 4. The number of ether oxygens (including phenoxy) is 1. The molecule has 1 aromatic heterocycles. The quantitative estimate of drug-likeness (QED) is 0.590. The Kier molecular flexibility index (Phi) is 6.53. The molecule has 1 amide bonds. The van der Waals surface area contributed by atoms with Crippen molar-refractivity contribution in [2.24, 2.45) is 0 Å². The molecule has 0 bridgehead atoms. The molecule has 0 saturated carbocycles. The summed E-state index contributed by atoms with van der Waals surface area (Å²) >= 11 is 0. The van der Waals surface area contributed by atoms with Crippen LogP contribution in [0.2, 0.25) is 0 Å². The monoisotopic (exact) mass is 425 g/mol. The summed E-state index contributed by atoms with van der Waals surface area (Å²) in [5, 5.41) is 6.03. The van der Waals surface area contributed by atoms with Crippen molar-refractivity contribution in [1.82, 2.24) is 14.9 Å². The number of amides is 1. The highest BCUT2D eigenvalue weighted by Crippen LogP contribution is 2.34. The van der Waals surface area contributed by atoms with Crippen molar-refractivity contribution in [2.45, 2.75) is 38.9 Å². The number of nitrogens with one attached hydrogen (secondary N) is 2. The van der Waals surface area contributed by atoms with E-state index in [1.165, 1.54) is 18.4 Å². The summed E-state index contributed by atoms with van der Waals surface area (Å²) in [5.74, 6) is 1.18. The number of rotatable bonds is 8. The second-order valence-electron chi connectivity index (χ2n) is 8.34. The number of carbonyl (C=O) groups is 1. The Morgan fingerprint density at radius 1 is 1.23 bits per heavy atom. The number of carbonyl (C=O) groups excluding carboxylic acids is 1. The average Bonchev–Trinajstić information content (AvgIpc) is 3.22. The molecule has 166 valence electrons. The molecule has 1 saturated heterocycles. The van der Waals surface area contributed by atoms with Crippen LogP contribution in [0.5, 0.6) is 0 Å². The lowest BCUT2D eigenvalue weighted by Crippen LogP contribution is -2.39. The van der Waals surface area contributed by atoms with Crippen LogP contribution in [0.4, 0.5) is 23.3 Å². The first kappa shape index (κ1) is 21.3. The van der Waals surface area contributed by atoms with Crippen molar-refractivity contribution in [1.29, 1.82) is 0 Å². The first-order valence-corrected chi connectivity index (χ1v) is 10.8. The zero-order valence-corrected chi connectivity index (χ0v) is 18.2. The predicted molar refractivity (Wildman–Crippen MR) is 122 cm³/mol. The van der Waals surface area contributed by atoms with Crippen LogP contribution in [0.25, 0.3) is 0 Å². The molecule has 2 aliphatic rings. The lowest BCUT2D eigenvalue weighted by atomic mass is 10.1. The van der Waals surface area contributed by atoms with E-state index in [4.69, 9.17) is 10.5 Å². The number of aromatic nitrogens is 2. The van der Waals surface area contributed by atoms with Gasteiger partial charge in [-0.15, -0.1) is 0 Å². The summed E-state index contributed by atoms with van der Waals surface area (Å²) in [6, 6.07) is 8.58. The Morgan fingerprint density at radius 2 is 1.97 bits per heavy atom. The van der Waals surface area contributed by atoms with Crippen LogP contribution in [0, 0.1) is 0 Å². The first-order valence-electron chi connectivity index (χ1n) is 10.8. The van der Waals surface area contributed by atoms with Crippen LogP contribution in [0.15, 0.2) is 24.3 Å². The molecule has 4 rings (SSSR count). The Hall–Kier alpha value is -2.91. The Labute approximate surface area is 183 Å². The minimum atomic E-state index is -0.121. The number of benzene rings is 1. The van der Waals surface area contributed by atoms with Crippen LogP contribution in [-0.4, -0.2) is 60.2 Å². The summed E-state index contributed by atoms with van der Waals surface area (Å²) in [7, 11) is 1.65. The van der Waals surface area contributed by atoms with Crippen molar-refractivity contribution in [3.63, 3.8) is 0 Å². The number of fused-ring (bicyclic) bond motifs is 1.